The molecule has 6 heteroatoms. The number of amides is 1. The van der Waals surface area contributed by atoms with Gasteiger partial charge in [-0.2, -0.15) is 4.72 Å². The summed E-state index contributed by atoms with van der Waals surface area (Å²) in [6, 6.07) is 9.25. The lowest BCUT2D eigenvalue weighted by Crippen LogP contribution is -2.62. The van der Waals surface area contributed by atoms with Gasteiger partial charge >= 0.3 is 0 Å². The van der Waals surface area contributed by atoms with Crippen LogP contribution in [0.25, 0.3) is 0 Å². The fourth-order valence-corrected chi connectivity index (χ4v) is 7.33. The minimum absolute atomic E-state index is 0.122. The highest BCUT2D eigenvalue weighted by Crippen LogP contribution is 2.53. The third-order valence-corrected chi connectivity index (χ3v) is 8.24. The zero-order chi connectivity index (χ0) is 19.2. The van der Waals surface area contributed by atoms with E-state index < -0.39 is 15.6 Å². The second-order valence-electron chi connectivity index (χ2n) is 9.40. The Bertz CT molecular complexity index is 776. The molecule has 2 N–H and O–H groups in total. The molecule has 148 valence electrons. The van der Waals surface area contributed by atoms with Gasteiger partial charge in [0.2, 0.25) is 15.9 Å². The SMILES string of the molecule is CC(C)(NS(=O)(=O)Cc1ccccc1)C(=O)NC1C2CC3CC(C2)CC1C3. The summed E-state index contributed by atoms with van der Waals surface area (Å²) < 4.78 is 27.7. The fourth-order valence-electron chi connectivity index (χ4n) is 5.76. The highest BCUT2D eigenvalue weighted by molar-refractivity contribution is 7.88. The Balaban J connectivity index is 1.40. The topological polar surface area (TPSA) is 75.3 Å². The van der Waals surface area contributed by atoms with Crippen molar-refractivity contribution in [1.29, 1.82) is 0 Å². The molecule has 0 heterocycles. The van der Waals surface area contributed by atoms with Crippen LogP contribution < -0.4 is 10.0 Å². The maximum Gasteiger partial charge on any atom is 0.240 e. The van der Waals surface area contributed by atoms with Crippen LogP contribution >= 0.6 is 0 Å². The van der Waals surface area contributed by atoms with Gasteiger partial charge in [-0.1, -0.05) is 30.3 Å². The van der Waals surface area contributed by atoms with E-state index in [1.807, 2.05) is 18.2 Å². The highest BCUT2D eigenvalue weighted by Gasteiger charge is 2.49. The fraction of sp³-hybridized carbons (Fsp3) is 0.667. The smallest absolute Gasteiger partial charge is 0.240 e. The third-order valence-electron chi connectivity index (χ3n) is 6.70. The van der Waals surface area contributed by atoms with E-state index in [1.54, 1.807) is 26.0 Å². The van der Waals surface area contributed by atoms with E-state index in [4.69, 9.17) is 0 Å². The zero-order valence-electron chi connectivity index (χ0n) is 16.1. The van der Waals surface area contributed by atoms with Gasteiger partial charge in [-0.15, -0.1) is 0 Å². The third kappa shape index (κ3) is 4.06. The van der Waals surface area contributed by atoms with Gasteiger partial charge in [0.05, 0.1) is 5.75 Å². The molecule has 0 spiro atoms. The molecule has 4 aliphatic rings. The molecule has 5 rings (SSSR count). The molecule has 0 saturated heterocycles. The number of sulfonamides is 1. The van der Waals surface area contributed by atoms with Crippen LogP contribution in [0.3, 0.4) is 0 Å². The van der Waals surface area contributed by atoms with Crippen molar-refractivity contribution in [2.24, 2.45) is 23.7 Å². The van der Waals surface area contributed by atoms with E-state index in [0.717, 1.165) is 11.8 Å². The molecule has 0 aliphatic heterocycles. The van der Waals surface area contributed by atoms with Gasteiger partial charge in [0, 0.05) is 6.04 Å². The van der Waals surface area contributed by atoms with Crippen molar-refractivity contribution in [3.63, 3.8) is 0 Å². The summed E-state index contributed by atoms with van der Waals surface area (Å²) in [5.74, 6) is 2.50. The number of carbonyl (C=O) groups is 1. The van der Waals surface area contributed by atoms with Gasteiger partial charge < -0.3 is 5.32 Å². The molecular formula is C21H30N2O3S. The standard InChI is InChI=1S/C21H30N2O3S/c1-21(2,23-27(25,26)13-14-6-4-3-5-7-14)20(24)22-19-17-9-15-8-16(11-17)12-18(19)10-15/h3-7,15-19,23H,8-13H2,1-2H3,(H,22,24). The highest BCUT2D eigenvalue weighted by atomic mass is 32.2. The van der Waals surface area contributed by atoms with Crippen molar-refractivity contribution < 1.29 is 13.2 Å². The lowest BCUT2D eigenvalue weighted by molar-refractivity contribution is -0.129. The molecule has 4 bridgehead atoms. The quantitative estimate of drug-likeness (QED) is 0.784. The Labute approximate surface area is 162 Å². The summed E-state index contributed by atoms with van der Waals surface area (Å²) in [5.41, 5.74) is -0.454. The lowest BCUT2D eigenvalue weighted by Gasteiger charge is -2.54. The molecule has 1 amide bonds. The van der Waals surface area contributed by atoms with Gasteiger partial charge in [0.25, 0.3) is 0 Å². The zero-order valence-corrected chi connectivity index (χ0v) is 17.0. The molecule has 1 aromatic rings. The van der Waals surface area contributed by atoms with Crippen LogP contribution in [0.4, 0.5) is 0 Å². The van der Waals surface area contributed by atoms with Gasteiger partial charge in [0.15, 0.2) is 0 Å². The first kappa shape index (κ1) is 18.9. The Morgan fingerprint density at radius 3 is 2.11 bits per heavy atom. The summed E-state index contributed by atoms with van der Waals surface area (Å²) in [7, 11) is -3.61. The Hall–Kier alpha value is -1.40. The van der Waals surface area contributed by atoms with E-state index in [-0.39, 0.29) is 17.7 Å². The molecule has 27 heavy (non-hydrogen) atoms. The molecule has 4 fully saturated rings. The maximum absolute atomic E-state index is 12.9. The summed E-state index contributed by atoms with van der Waals surface area (Å²) >= 11 is 0. The molecule has 0 radical (unpaired) electrons. The number of hydrogen-bond donors (Lipinski definition) is 2. The van der Waals surface area contributed by atoms with Crippen molar-refractivity contribution in [2.45, 2.75) is 63.3 Å². The second-order valence-corrected chi connectivity index (χ2v) is 11.1. The van der Waals surface area contributed by atoms with E-state index in [1.165, 1.54) is 32.1 Å². The summed E-state index contributed by atoms with van der Waals surface area (Å²) in [6.45, 7) is 3.31. The Kier molecular flexibility index (Phi) is 4.83. The van der Waals surface area contributed by atoms with Crippen LogP contribution in [0.5, 0.6) is 0 Å². The Morgan fingerprint density at radius 2 is 1.56 bits per heavy atom. The summed E-state index contributed by atoms with van der Waals surface area (Å²) in [4.78, 5) is 12.9. The average molecular weight is 391 g/mol. The molecule has 5 nitrogen and oxygen atoms in total. The van der Waals surface area contributed by atoms with Gasteiger partial charge in [-0.3, -0.25) is 4.79 Å². The van der Waals surface area contributed by atoms with Crippen LogP contribution in [0.1, 0.15) is 51.5 Å². The number of carbonyl (C=O) groups excluding carboxylic acids is 1. The largest absolute Gasteiger partial charge is 0.351 e. The molecule has 1 aromatic carbocycles. The second kappa shape index (κ2) is 6.89. The van der Waals surface area contributed by atoms with Crippen LogP contribution in [0.2, 0.25) is 0 Å². The Morgan fingerprint density at radius 1 is 1.00 bits per heavy atom. The number of benzene rings is 1. The van der Waals surface area contributed by atoms with Crippen LogP contribution in [0.15, 0.2) is 30.3 Å². The van der Waals surface area contributed by atoms with Crippen molar-refractivity contribution in [3.05, 3.63) is 35.9 Å². The molecule has 0 atom stereocenters. The number of hydrogen-bond acceptors (Lipinski definition) is 3. The van der Waals surface area contributed by atoms with E-state index in [9.17, 15) is 13.2 Å². The molecule has 0 aromatic heterocycles. The van der Waals surface area contributed by atoms with Crippen molar-refractivity contribution >= 4 is 15.9 Å². The summed E-state index contributed by atoms with van der Waals surface area (Å²) in [6.07, 6.45) is 6.25. The minimum Gasteiger partial charge on any atom is -0.351 e. The van der Waals surface area contributed by atoms with Gasteiger partial charge in [0.1, 0.15) is 5.54 Å². The molecular weight excluding hydrogens is 360 g/mol. The molecule has 0 unspecified atom stereocenters. The van der Waals surface area contributed by atoms with E-state index in [2.05, 4.69) is 10.0 Å². The summed E-state index contributed by atoms with van der Waals surface area (Å²) in [5, 5.41) is 3.22. The first-order valence-electron chi connectivity index (χ1n) is 10.1. The number of rotatable bonds is 6. The number of nitrogens with one attached hydrogen (secondary N) is 2. The van der Waals surface area contributed by atoms with Crippen LogP contribution in [0, 0.1) is 23.7 Å². The molecule has 4 aliphatic carbocycles. The monoisotopic (exact) mass is 390 g/mol. The molecule has 4 saturated carbocycles. The first-order valence-corrected chi connectivity index (χ1v) is 11.7. The van der Waals surface area contributed by atoms with Crippen molar-refractivity contribution in [3.8, 4) is 0 Å². The van der Waals surface area contributed by atoms with E-state index in [0.29, 0.717) is 17.4 Å². The predicted molar refractivity (Wildman–Crippen MR) is 105 cm³/mol. The van der Waals surface area contributed by atoms with Gasteiger partial charge in [-0.25, -0.2) is 8.42 Å². The van der Waals surface area contributed by atoms with Crippen LogP contribution in [-0.4, -0.2) is 25.9 Å². The maximum atomic E-state index is 12.9. The normalized spacial score (nSPS) is 32.4. The minimum atomic E-state index is -3.61. The first-order chi connectivity index (χ1) is 12.7. The van der Waals surface area contributed by atoms with Gasteiger partial charge in [-0.05, 0) is 75.2 Å². The van der Waals surface area contributed by atoms with Crippen molar-refractivity contribution in [1.82, 2.24) is 10.0 Å². The van der Waals surface area contributed by atoms with Crippen LogP contribution in [-0.2, 0) is 20.6 Å². The van der Waals surface area contributed by atoms with Crippen molar-refractivity contribution in [2.75, 3.05) is 0 Å². The van der Waals surface area contributed by atoms with E-state index >= 15 is 0 Å². The predicted octanol–water partition coefficient (Wildman–Crippen LogP) is 2.83. The average Bonchev–Trinajstić information content (AvgIpc) is 2.56. The lowest BCUT2D eigenvalue weighted by atomic mass is 9.54.